The summed E-state index contributed by atoms with van der Waals surface area (Å²) in [6, 6.07) is 8.66. The van der Waals surface area contributed by atoms with Crippen LogP contribution in [0.15, 0.2) is 29.8 Å². The molecule has 0 aliphatic carbocycles. The Hall–Kier alpha value is -1.79. The van der Waals surface area contributed by atoms with Gasteiger partial charge in [0.15, 0.2) is 0 Å². The van der Waals surface area contributed by atoms with Crippen molar-refractivity contribution in [2.45, 2.75) is 0 Å². The number of benzene rings is 1. The molecular formula is C11H8ClNO2. The van der Waals surface area contributed by atoms with Gasteiger partial charge in [0.1, 0.15) is 17.4 Å². The summed E-state index contributed by atoms with van der Waals surface area (Å²) in [6.07, 6.45) is 1.43. The van der Waals surface area contributed by atoms with Gasteiger partial charge in [-0.15, -0.1) is 0 Å². The van der Waals surface area contributed by atoms with Crippen LogP contribution in [0.1, 0.15) is 5.56 Å². The summed E-state index contributed by atoms with van der Waals surface area (Å²) in [4.78, 5) is 10.8. The Morgan fingerprint density at radius 1 is 1.47 bits per heavy atom. The molecule has 4 heteroatoms. The van der Waals surface area contributed by atoms with E-state index < -0.39 is 5.24 Å². The Labute approximate surface area is 92.5 Å². The lowest BCUT2D eigenvalue weighted by molar-refractivity contribution is -0.108. The molecule has 1 aromatic rings. The molecule has 0 aliphatic heterocycles. The van der Waals surface area contributed by atoms with Crippen molar-refractivity contribution in [1.82, 2.24) is 0 Å². The van der Waals surface area contributed by atoms with Crippen molar-refractivity contribution in [2.75, 3.05) is 7.11 Å². The van der Waals surface area contributed by atoms with Crippen molar-refractivity contribution in [3.63, 3.8) is 0 Å². The van der Waals surface area contributed by atoms with Crippen LogP contribution in [-0.2, 0) is 4.79 Å². The van der Waals surface area contributed by atoms with Crippen LogP contribution in [-0.4, -0.2) is 12.4 Å². The molecule has 0 saturated heterocycles. The Kier molecular flexibility index (Phi) is 3.90. The van der Waals surface area contributed by atoms with Crippen LogP contribution in [0.25, 0.3) is 6.08 Å². The largest absolute Gasteiger partial charge is 0.497 e. The van der Waals surface area contributed by atoms with Crippen molar-refractivity contribution < 1.29 is 9.53 Å². The van der Waals surface area contributed by atoms with E-state index in [0.29, 0.717) is 5.75 Å². The maximum absolute atomic E-state index is 10.8. The van der Waals surface area contributed by atoms with Crippen molar-refractivity contribution in [3.8, 4) is 11.8 Å². The highest BCUT2D eigenvalue weighted by Gasteiger charge is 2.04. The average Bonchev–Trinajstić information content (AvgIpc) is 2.26. The lowest BCUT2D eigenvalue weighted by Crippen LogP contribution is -1.89. The lowest BCUT2D eigenvalue weighted by Gasteiger charge is -1.99. The SMILES string of the molecule is COc1ccc(/C=C(\C#N)C(=O)Cl)cc1. The maximum Gasteiger partial charge on any atom is 0.262 e. The third-order valence-corrected chi connectivity index (χ3v) is 1.96. The molecule has 0 N–H and O–H groups in total. The molecule has 0 spiro atoms. The van der Waals surface area contributed by atoms with Crippen LogP contribution in [0, 0.1) is 11.3 Å². The second kappa shape index (κ2) is 5.18. The van der Waals surface area contributed by atoms with Crippen LogP contribution >= 0.6 is 11.6 Å². The number of allylic oxidation sites excluding steroid dienone is 1. The number of hydrogen-bond acceptors (Lipinski definition) is 3. The van der Waals surface area contributed by atoms with Gasteiger partial charge in [0.2, 0.25) is 0 Å². The Morgan fingerprint density at radius 2 is 2.07 bits per heavy atom. The van der Waals surface area contributed by atoms with Gasteiger partial charge in [-0.3, -0.25) is 4.79 Å². The number of hydrogen-bond donors (Lipinski definition) is 0. The Bertz CT molecular complexity index is 429. The highest BCUT2D eigenvalue weighted by molar-refractivity contribution is 6.68. The van der Waals surface area contributed by atoms with E-state index in [2.05, 4.69) is 0 Å². The second-order valence-corrected chi connectivity index (χ2v) is 3.06. The number of halogens is 1. The fraction of sp³-hybridized carbons (Fsp3) is 0.0909. The van der Waals surface area contributed by atoms with Crippen molar-refractivity contribution >= 4 is 22.9 Å². The lowest BCUT2D eigenvalue weighted by atomic mass is 10.1. The van der Waals surface area contributed by atoms with E-state index in [1.165, 1.54) is 6.08 Å². The van der Waals surface area contributed by atoms with Crippen LogP contribution in [0.5, 0.6) is 5.75 Å². The predicted octanol–water partition coefficient (Wildman–Crippen LogP) is 2.37. The predicted molar refractivity (Wildman–Crippen MR) is 57.4 cm³/mol. The first kappa shape index (κ1) is 11.3. The third-order valence-electron chi connectivity index (χ3n) is 1.76. The van der Waals surface area contributed by atoms with Gasteiger partial charge in [-0.1, -0.05) is 12.1 Å². The topological polar surface area (TPSA) is 50.1 Å². The van der Waals surface area contributed by atoms with E-state index in [0.717, 1.165) is 5.56 Å². The average molecular weight is 222 g/mol. The normalized spacial score (nSPS) is 10.6. The Balaban J connectivity index is 2.98. The Morgan fingerprint density at radius 3 is 2.47 bits per heavy atom. The van der Waals surface area contributed by atoms with E-state index in [-0.39, 0.29) is 5.57 Å². The van der Waals surface area contributed by atoms with Crippen molar-refractivity contribution in [1.29, 1.82) is 5.26 Å². The fourth-order valence-electron chi connectivity index (χ4n) is 1.000. The zero-order chi connectivity index (χ0) is 11.3. The summed E-state index contributed by atoms with van der Waals surface area (Å²) < 4.78 is 4.97. The molecule has 0 radical (unpaired) electrons. The first-order chi connectivity index (χ1) is 7.17. The zero-order valence-corrected chi connectivity index (χ0v) is 8.78. The van der Waals surface area contributed by atoms with Crippen molar-refractivity contribution in [3.05, 3.63) is 35.4 Å². The van der Waals surface area contributed by atoms with Gasteiger partial charge in [0.25, 0.3) is 5.24 Å². The van der Waals surface area contributed by atoms with E-state index in [1.54, 1.807) is 37.4 Å². The molecule has 0 unspecified atom stereocenters. The summed E-state index contributed by atoms with van der Waals surface area (Å²) in [5.74, 6) is 0.711. The summed E-state index contributed by atoms with van der Waals surface area (Å²) >= 11 is 5.20. The first-order valence-electron chi connectivity index (χ1n) is 4.13. The van der Waals surface area contributed by atoms with Crippen LogP contribution in [0.2, 0.25) is 0 Å². The van der Waals surface area contributed by atoms with Gasteiger partial charge in [-0.25, -0.2) is 0 Å². The second-order valence-electron chi connectivity index (χ2n) is 2.72. The molecular weight excluding hydrogens is 214 g/mol. The van der Waals surface area contributed by atoms with E-state index in [1.807, 2.05) is 0 Å². The molecule has 0 aromatic heterocycles. The molecule has 0 heterocycles. The van der Waals surface area contributed by atoms with Gasteiger partial charge in [-0.2, -0.15) is 5.26 Å². The highest BCUT2D eigenvalue weighted by atomic mass is 35.5. The molecule has 1 rings (SSSR count). The smallest absolute Gasteiger partial charge is 0.262 e. The molecule has 76 valence electrons. The highest BCUT2D eigenvalue weighted by Crippen LogP contribution is 2.14. The number of nitrogens with zero attached hydrogens (tertiary/aromatic N) is 1. The number of methoxy groups -OCH3 is 1. The first-order valence-corrected chi connectivity index (χ1v) is 4.51. The molecule has 0 saturated carbocycles. The quantitative estimate of drug-likeness (QED) is 0.447. The van der Waals surface area contributed by atoms with Gasteiger partial charge in [0, 0.05) is 0 Å². The van der Waals surface area contributed by atoms with Crippen LogP contribution < -0.4 is 4.74 Å². The number of carbonyl (C=O) groups excluding carboxylic acids is 1. The summed E-state index contributed by atoms with van der Waals surface area (Å²) in [7, 11) is 1.56. The molecule has 3 nitrogen and oxygen atoms in total. The minimum Gasteiger partial charge on any atom is -0.497 e. The fourth-order valence-corrected chi connectivity index (χ4v) is 1.10. The molecule has 0 atom stereocenters. The monoisotopic (exact) mass is 221 g/mol. The van der Waals surface area contributed by atoms with Crippen molar-refractivity contribution in [2.24, 2.45) is 0 Å². The summed E-state index contributed by atoms with van der Waals surface area (Å²) in [5.41, 5.74) is 0.642. The summed E-state index contributed by atoms with van der Waals surface area (Å²) in [5, 5.41) is 7.85. The molecule has 15 heavy (non-hydrogen) atoms. The molecule has 1 aromatic carbocycles. The maximum atomic E-state index is 10.8. The minimum atomic E-state index is -0.756. The van der Waals surface area contributed by atoms with Gasteiger partial charge in [-0.05, 0) is 35.4 Å². The number of rotatable bonds is 3. The molecule has 0 bridgehead atoms. The molecule has 0 amide bonds. The van der Waals surface area contributed by atoms with Gasteiger partial charge >= 0.3 is 0 Å². The van der Waals surface area contributed by atoms with E-state index >= 15 is 0 Å². The van der Waals surface area contributed by atoms with E-state index in [4.69, 9.17) is 21.6 Å². The van der Waals surface area contributed by atoms with Crippen LogP contribution in [0.4, 0.5) is 0 Å². The third kappa shape index (κ3) is 3.12. The van der Waals surface area contributed by atoms with Gasteiger partial charge in [0.05, 0.1) is 7.11 Å². The van der Waals surface area contributed by atoms with E-state index in [9.17, 15) is 4.79 Å². The van der Waals surface area contributed by atoms with Gasteiger partial charge < -0.3 is 4.74 Å². The standard InChI is InChI=1S/C11H8ClNO2/c1-15-10-4-2-8(3-5-10)6-9(7-13)11(12)14/h2-6H,1H3/b9-6+. The molecule has 0 fully saturated rings. The number of nitriles is 1. The number of carbonyl (C=O) groups is 1. The zero-order valence-electron chi connectivity index (χ0n) is 8.03. The minimum absolute atomic E-state index is 0.0816. The van der Waals surface area contributed by atoms with Crippen LogP contribution in [0.3, 0.4) is 0 Å². The number of ether oxygens (including phenoxy) is 1. The summed E-state index contributed by atoms with van der Waals surface area (Å²) in [6.45, 7) is 0. The molecule has 0 aliphatic rings.